The predicted molar refractivity (Wildman–Crippen MR) is 78.3 cm³/mol. The number of aryl methyl sites for hydroxylation is 1. The Morgan fingerprint density at radius 3 is 2.39 bits per heavy atom. The minimum atomic E-state index is -0.355. The lowest BCUT2D eigenvalue weighted by atomic mass is 10.1. The number of carbonyl (C=O) groups excluding carboxylic acids is 1. The van der Waals surface area contributed by atoms with E-state index in [1.165, 1.54) is 0 Å². The fourth-order valence-corrected chi connectivity index (χ4v) is 1.22. The third-order valence-electron chi connectivity index (χ3n) is 2.13. The molecule has 0 saturated carbocycles. The molecule has 18 heavy (non-hydrogen) atoms. The van der Waals surface area contributed by atoms with Crippen molar-refractivity contribution in [1.29, 1.82) is 0 Å². The van der Waals surface area contributed by atoms with Gasteiger partial charge in [0.15, 0.2) is 0 Å². The van der Waals surface area contributed by atoms with Crippen molar-refractivity contribution in [2.24, 2.45) is 5.73 Å². The fourth-order valence-electron chi connectivity index (χ4n) is 1.22. The van der Waals surface area contributed by atoms with E-state index in [2.05, 4.69) is 10.3 Å². The van der Waals surface area contributed by atoms with Crippen LogP contribution in [0.5, 0.6) is 0 Å². The first-order valence-electron chi connectivity index (χ1n) is 5.42. The van der Waals surface area contributed by atoms with Gasteiger partial charge in [0.25, 0.3) is 0 Å². The zero-order chi connectivity index (χ0) is 12.0. The first-order valence-corrected chi connectivity index (χ1v) is 5.42. The zero-order valence-corrected chi connectivity index (χ0v) is 12.3. The Balaban J connectivity index is 0. The van der Waals surface area contributed by atoms with E-state index < -0.39 is 0 Å². The van der Waals surface area contributed by atoms with Crippen molar-refractivity contribution in [1.82, 2.24) is 10.3 Å². The average molecular weight is 294 g/mol. The van der Waals surface area contributed by atoms with Crippen LogP contribution in [0.4, 0.5) is 0 Å². The van der Waals surface area contributed by atoms with Gasteiger partial charge >= 0.3 is 0 Å². The third-order valence-corrected chi connectivity index (χ3v) is 2.13. The highest BCUT2D eigenvalue weighted by Gasteiger charge is 2.11. The van der Waals surface area contributed by atoms with Crippen molar-refractivity contribution in [3.05, 3.63) is 30.1 Å². The zero-order valence-electron chi connectivity index (χ0n) is 10.7. The summed E-state index contributed by atoms with van der Waals surface area (Å²) in [6.45, 7) is 4.27. The van der Waals surface area contributed by atoms with E-state index in [-0.39, 0.29) is 36.3 Å². The van der Waals surface area contributed by atoms with E-state index in [0.29, 0.717) is 13.0 Å². The number of hydrogen-bond donors (Lipinski definition) is 2. The Bertz CT molecular complexity index is 339. The number of pyridine rings is 1. The second kappa shape index (κ2) is 9.14. The molecule has 4 nitrogen and oxygen atoms in total. The molecule has 6 heteroatoms. The highest BCUT2D eigenvalue weighted by Crippen LogP contribution is 2.01. The van der Waals surface area contributed by atoms with Crippen molar-refractivity contribution < 1.29 is 4.79 Å². The van der Waals surface area contributed by atoms with Crippen LogP contribution in [0.15, 0.2) is 24.5 Å². The number of nitrogens with zero attached hydrogens (tertiary/aromatic N) is 1. The molecule has 1 amide bonds. The number of carbonyl (C=O) groups is 1. The Morgan fingerprint density at radius 1 is 1.33 bits per heavy atom. The molecule has 1 heterocycles. The van der Waals surface area contributed by atoms with E-state index in [1.807, 2.05) is 26.0 Å². The van der Waals surface area contributed by atoms with E-state index in [9.17, 15) is 4.79 Å². The van der Waals surface area contributed by atoms with Crippen molar-refractivity contribution in [2.45, 2.75) is 32.2 Å². The minimum absolute atomic E-state index is 0. The number of aromatic nitrogens is 1. The van der Waals surface area contributed by atoms with Gasteiger partial charge in [0, 0.05) is 30.9 Å². The fraction of sp³-hybridized carbons (Fsp3) is 0.500. The van der Waals surface area contributed by atoms with Crippen molar-refractivity contribution in [3.8, 4) is 0 Å². The summed E-state index contributed by atoms with van der Waals surface area (Å²) in [6.07, 6.45) is 4.69. The number of rotatable bonds is 5. The van der Waals surface area contributed by atoms with Crippen molar-refractivity contribution in [2.75, 3.05) is 6.54 Å². The molecule has 1 rings (SSSR count). The first-order chi connectivity index (χ1) is 7.47. The van der Waals surface area contributed by atoms with E-state index in [1.54, 1.807) is 12.4 Å². The van der Waals surface area contributed by atoms with Crippen LogP contribution in [0.2, 0.25) is 0 Å². The highest BCUT2D eigenvalue weighted by molar-refractivity contribution is 5.85. The standard InChI is InChI=1S/C12H19N3O.2ClH/c1-12(2,13)9-15-11(16)4-3-10-5-7-14-8-6-10;;/h5-8H,3-4,9,13H2,1-2H3,(H,15,16);2*1H. The average Bonchev–Trinajstić information content (AvgIpc) is 2.24. The van der Waals surface area contributed by atoms with E-state index in [4.69, 9.17) is 5.73 Å². The highest BCUT2D eigenvalue weighted by atomic mass is 35.5. The summed E-state index contributed by atoms with van der Waals surface area (Å²) >= 11 is 0. The molecule has 0 atom stereocenters. The smallest absolute Gasteiger partial charge is 0.220 e. The third kappa shape index (κ3) is 9.22. The normalized spacial score (nSPS) is 9.94. The van der Waals surface area contributed by atoms with Gasteiger partial charge in [0.2, 0.25) is 5.91 Å². The number of amides is 1. The van der Waals surface area contributed by atoms with Gasteiger partial charge in [-0.1, -0.05) is 0 Å². The van der Waals surface area contributed by atoms with E-state index >= 15 is 0 Å². The maximum absolute atomic E-state index is 11.5. The van der Waals surface area contributed by atoms with Crippen LogP contribution in [-0.2, 0) is 11.2 Å². The number of nitrogens with two attached hydrogens (primary N) is 1. The Morgan fingerprint density at radius 2 is 1.89 bits per heavy atom. The van der Waals surface area contributed by atoms with Crippen LogP contribution >= 0.6 is 24.8 Å². The number of halogens is 2. The number of hydrogen-bond acceptors (Lipinski definition) is 3. The molecular formula is C12H21Cl2N3O. The number of nitrogens with one attached hydrogen (secondary N) is 1. The molecule has 1 aromatic rings. The largest absolute Gasteiger partial charge is 0.354 e. The topological polar surface area (TPSA) is 68.0 Å². The molecule has 0 spiro atoms. The Hall–Kier alpha value is -0.840. The Kier molecular flexibility index (Phi) is 9.90. The molecule has 0 radical (unpaired) electrons. The molecule has 0 bridgehead atoms. The lowest BCUT2D eigenvalue weighted by Crippen LogP contribution is -2.45. The van der Waals surface area contributed by atoms with E-state index in [0.717, 1.165) is 12.0 Å². The van der Waals surface area contributed by atoms with Crippen LogP contribution in [0, 0.1) is 0 Å². The summed E-state index contributed by atoms with van der Waals surface area (Å²) in [7, 11) is 0. The summed E-state index contributed by atoms with van der Waals surface area (Å²) in [4.78, 5) is 15.4. The molecule has 3 N–H and O–H groups in total. The molecular weight excluding hydrogens is 273 g/mol. The van der Waals surface area contributed by atoms with Crippen LogP contribution in [0.3, 0.4) is 0 Å². The van der Waals surface area contributed by atoms with Gasteiger partial charge in [-0.25, -0.2) is 0 Å². The van der Waals surface area contributed by atoms with Gasteiger partial charge in [-0.2, -0.15) is 0 Å². The monoisotopic (exact) mass is 293 g/mol. The van der Waals surface area contributed by atoms with Crippen molar-refractivity contribution in [3.63, 3.8) is 0 Å². The lowest BCUT2D eigenvalue weighted by molar-refractivity contribution is -0.121. The summed E-state index contributed by atoms with van der Waals surface area (Å²) in [5.41, 5.74) is 6.54. The predicted octanol–water partition coefficient (Wildman–Crippen LogP) is 1.71. The van der Waals surface area contributed by atoms with Gasteiger partial charge in [-0.3, -0.25) is 9.78 Å². The van der Waals surface area contributed by atoms with Gasteiger partial charge in [0.1, 0.15) is 0 Å². The first kappa shape index (κ1) is 19.5. The summed E-state index contributed by atoms with van der Waals surface area (Å²) in [6, 6.07) is 3.83. The van der Waals surface area contributed by atoms with Crippen LogP contribution in [-0.4, -0.2) is 23.0 Å². The summed E-state index contributed by atoms with van der Waals surface area (Å²) < 4.78 is 0. The molecule has 0 saturated heterocycles. The quantitative estimate of drug-likeness (QED) is 0.868. The maximum Gasteiger partial charge on any atom is 0.220 e. The van der Waals surface area contributed by atoms with Crippen LogP contribution in [0.1, 0.15) is 25.8 Å². The van der Waals surface area contributed by atoms with Gasteiger partial charge in [-0.15, -0.1) is 24.8 Å². The molecule has 0 aliphatic rings. The van der Waals surface area contributed by atoms with Gasteiger partial charge < -0.3 is 11.1 Å². The lowest BCUT2D eigenvalue weighted by Gasteiger charge is -2.18. The van der Waals surface area contributed by atoms with Gasteiger partial charge in [0.05, 0.1) is 0 Å². The van der Waals surface area contributed by atoms with Crippen LogP contribution < -0.4 is 11.1 Å². The second-order valence-electron chi connectivity index (χ2n) is 4.62. The second-order valence-corrected chi connectivity index (χ2v) is 4.62. The Labute approximate surface area is 121 Å². The van der Waals surface area contributed by atoms with Crippen LogP contribution in [0.25, 0.3) is 0 Å². The molecule has 0 aliphatic heterocycles. The maximum atomic E-state index is 11.5. The molecule has 0 aliphatic carbocycles. The SMILES string of the molecule is CC(C)(N)CNC(=O)CCc1ccncc1.Cl.Cl. The molecule has 104 valence electrons. The molecule has 0 aromatic carbocycles. The van der Waals surface area contributed by atoms with Crippen molar-refractivity contribution >= 4 is 30.7 Å². The van der Waals surface area contributed by atoms with Gasteiger partial charge in [-0.05, 0) is 38.0 Å². The minimum Gasteiger partial charge on any atom is -0.354 e. The summed E-state index contributed by atoms with van der Waals surface area (Å²) in [5, 5.41) is 2.81. The summed E-state index contributed by atoms with van der Waals surface area (Å²) in [5.74, 6) is 0.0373. The molecule has 1 aromatic heterocycles. The molecule has 0 fully saturated rings. The molecule has 0 unspecified atom stereocenters.